The Bertz CT molecular complexity index is 848. The molecule has 3 rings (SSSR count). The summed E-state index contributed by atoms with van der Waals surface area (Å²) >= 11 is 7.16. The summed E-state index contributed by atoms with van der Waals surface area (Å²) in [6.07, 6.45) is 3.44. The lowest BCUT2D eigenvalue weighted by Crippen LogP contribution is -2.43. The van der Waals surface area contributed by atoms with E-state index < -0.39 is 0 Å². The second-order valence-electron chi connectivity index (χ2n) is 8.46. The molecule has 1 fully saturated rings. The van der Waals surface area contributed by atoms with E-state index in [9.17, 15) is 9.59 Å². The molecule has 7 heteroatoms. The Labute approximate surface area is 174 Å². The van der Waals surface area contributed by atoms with Crippen LogP contribution in [0, 0.1) is 11.3 Å². The first-order valence-electron chi connectivity index (χ1n) is 9.51. The van der Waals surface area contributed by atoms with Crippen LogP contribution in [0.15, 0.2) is 29.6 Å². The van der Waals surface area contributed by atoms with Gasteiger partial charge in [-0.25, -0.2) is 4.98 Å². The molecule has 150 valence electrons. The number of anilines is 1. The number of nitrogens with zero attached hydrogens (tertiary/aromatic N) is 1. The molecule has 1 heterocycles. The fourth-order valence-electron chi connectivity index (χ4n) is 4.12. The SMILES string of the molecule is CC1CC(NC(=O)Cc2csc(NC(=O)c3ccc(Cl)cc3)n2)CC(C)(C)C1. The van der Waals surface area contributed by atoms with Crippen LogP contribution in [0.3, 0.4) is 0 Å². The van der Waals surface area contributed by atoms with Crippen molar-refractivity contribution in [3.8, 4) is 0 Å². The molecule has 0 spiro atoms. The summed E-state index contributed by atoms with van der Waals surface area (Å²) in [6.45, 7) is 6.77. The van der Waals surface area contributed by atoms with Crippen LogP contribution in [-0.4, -0.2) is 22.8 Å². The molecule has 1 aromatic heterocycles. The molecule has 1 saturated carbocycles. The van der Waals surface area contributed by atoms with Crippen molar-refractivity contribution in [3.05, 3.63) is 45.9 Å². The van der Waals surface area contributed by atoms with E-state index in [1.165, 1.54) is 17.8 Å². The van der Waals surface area contributed by atoms with Gasteiger partial charge >= 0.3 is 0 Å². The molecule has 5 nitrogen and oxygen atoms in total. The van der Waals surface area contributed by atoms with Crippen molar-refractivity contribution in [2.24, 2.45) is 11.3 Å². The Kier molecular flexibility index (Phi) is 6.40. The highest BCUT2D eigenvalue weighted by Gasteiger charge is 2.32. The minimum atomic E-state index is -0.250. The molecule has 1 aliphatic carbocycles. The number of amides is 2. The average Bonchev–Trinajstić information content (AvgIpc) is 3.00. The number of halogens is 1. The fraction of sp³-hybridized carbons (Fsp3) is 0.476. The number of nitrogens with one attached hydrogen (secondary N) is 2. The third kappa shape index (κ3) is 5.79. The van der Waals surface area contributed by atoms with Crippen molar-refractivity contribution in [2.45, 2.75) is 52.5 Å². The van der Waals surface area contributed by atoms with Gasteiger partial charge in [0.05, 0.1) is 12.1 Å². The zero-order valence-electron chi connectivity index (χ0n) is 16.4. The molecular formula is C21H26ClN3O2S. The lowest BCUT2D eigenvalue weighted by Gasteiger charge is -2.39. The van der Waals surface area contributed by atoms with Gasteiger partial charge in [0, 0.05) is 22.0 Å². The fourth-order valence-corrected chi connectivity index (χ4v) is 4.95. The summed E-state index contributed by atoms with van der Waals surface area (Å²) in [5.74, 6) is 0.347. The minimum absolute atomic E-state index is 0.0178. The lowest BCUT2D eigenvalue weighted by molar-refractivity contribution is -0.121. The maximum absolute atomic E-state index is 12.4. The number of rotatable bonds is 5. The first-order chi connectivity index (χ1) is 13.2. The third-order valence-corrected chi connectivity index (χ3v) is 6.03. The molecule has 0 radical (unpaired) electrons. The summed E-state index contributed by atoms with van der Waals surface area (Å²) in [5, 5.41) is 8.79. The monoisotopic (exact) mass is 419 g/mol. The Morgan fingerprint density at radius 2 is 1.96 bits per heavy atom. The smallest absolute Gasteiger partial charge is 0.257 e. The molecule has 0 saturated heterocycles. The summed E-state index contributed by atoms with van der Waals surface area (Å²) in [4.78, 5) is 29.1. The molecule has 2 unspecified atom stereocenters. The van der Waals surface area contributed by atoms with Crippen molar-refractivity contribution in [3.63, 3.8) is 0 Å². The molecule has 0 aliphatic heterocycles. The highest BCUT2D eigenvalue weighted by Crippen LogP contribution is 2.38. The number of carbonyl (C=O) groups is 2. The van der Waals surface area contributed by atoms with E-state index >= 15 is 0 Å². The second-order valence-corrected chi connectivity index (χ2v) is 9.75. The first kappa shape index (κ1) is 20.8. The Morgan fingerprint density at radius 3 is 2.64 bits per heavy atom. The normalized spacial score (nSPS) is 21.1. The summed E-state index contributed by atoms with van der Waals surface area (Å²) < 4.78 is 0. The van der Waals surface area contributed by atoms with Crippen molar-refractivity contribution < 1.29 is 9.59 Å². The van der Waals surface area contributed by atoms with E-state index in [0.717, 1.165) is 12.8 Å². The number of hydrogen-bond donors (Lipinski definition) is 2. The van der Waals surface area contributed by atoms with E-state index in [1.807, 2.05) is 5.38 Å². The Balaban J connectivity index is 1.53. The van der Waals surface area contributed by atoms with Gasteiger partial charge in [-0.3, -0.25) is 14.9 Å². The number of benzene rings is 1. The molecule has 28 heavy (non-hydrogen) atoms. The van der Waals surface area contributed by atoms with Crippen LogP contribution < -0.4 is 10.6 Å². The number of aromatic nitrogens is 1. The van der Waals surface area contributed by atoms with E-state index in [-0.39, 0.29) is 29.7 Å². The van der Waals surface area contributed by atoms with E-state index in [1.54, 1.807) is 24.3 Å². The molecule has 0 bridgehead atoms. The quantitative estimate of drug-likeness (QED) is 0.722. The standard InChI is InChI=1S/C21H26ClN3O2S/c1-13-8-16(11-21(2,3)10-13)23-18(26)9-17-12-28-20(24-17)25-19(27)14-4-6-15(22)7-5-14/h4-7,12-13,16H,8-11H2,1-3H3,(H,23,26)(H,24,25,27). The molecular weight excluding hydrogens is 394 g/mol. The molecule has 2 atom stereocenters. The van der Waals surface area contributed by atoms with E-state index in [4.69, 9.17) is 11.6 Å². The van der Waals surface area contributed by atoms with E-state index in [0.29, 0.717) is 27.3 Å². The second kappa shape index (κ2) is 8.62. The van der Waals surface area contributed by atoms with Crippen molar-refractivity contribution in [2.75, 3.05) is 5.32 Å². The van der Waals surface area contributed by atoms with Crippen LogP contribution >= 0.6 is 22.9 Å². The van der Waals surface area contributed by atoms with Gasteiger partial charge in [-0.1, -0.05) is 32.4 Å². The maximum Gasteiger partial charge on any atom is 0.257 e. The predicted octanol–water partition coefficient (Wildman–Crippen LogP) is 4.92. The number of thiazole rings is 1. The number of carbonyl (C=O) groups excluding carboxylic acids is 2. The summed E-state index contributed by atoms with van der Waals surface area (Å²) in [5.41, 5.74) is 1.43. The van der Waals surface area contributed by atoms with Gasteiger partial charge < -0.3 is 5.32 Å². The largest absolute Gasteiger partial charge is 0.353 e. The zero-order chi connectivity index (χ0) is 20.3. The van der Waals surface area contributed by atoms with Crippen LogP contribution in [0.2, 0.25) is 5.02 Å². The van der Waals surface area contributed by atoms with Gasteiger partial charge in [-0.05, 0) is 54.9 Å². The molecule has 1 aromatic carbocycles. The highest BCUT2D eigenvalue weighted by atomic mass is 35.5. The van der Waals surface area contributed by atoms with Crippen LogP contribution in [0.25, 0.3) is 0 Å². The minimum Gasteiger partial charge on any atom is -0.353 e. The van der Waals surface area contributed by atoms with Crippen LogP contribution in [0.4, 0.5) is 5.13 Å². The maximum atomic E-state index is 12.4. The molecule has 1 aliphatic rings. The molecule has 2 amide bonds. The lowest BCUT2D eigenvalue weighted by atomic mass is 9.70. The van der Waals surface area contributed by atoms with Crippen LogP contribution in [0.5, 0.6) is 0 Å². The van der Waals surface area contributed by atoms with Crippen molar-refractivity contribution in [1.29, 1.82) is 0 Å². The van der Waals surface area contributed by atoms with E-state index in [2.05, 4.69) is 36.4 Å². The first-order valence-corrected chi connectivity index (χ1v) is 10.8. The summed E-state index contributed by atoms with van der Waals surface area (Å²) in [7, 11) is 0. The average molecular weight is 420 g/mol. The van der Waals surface area contributed by atoms with Gasteiger partial charge in [0.25, 0.3) is 5.91 Å². The topological polar surface area (TPSA) is 71.1 Å². The summed E-state index contributed by atoms with van der Waals surface area (Å²) in [6, 6.07) is 6.87. The van der Waals surface area contributed by atoms with Gasteiger partial charge in [0.1, 0.15) is 0 Å². The molecule has 2 aromatic rings. The van der Waals surface area contributed by atoms with Gasteiger partial charge in [0.2, 0.25) is 5.91 Å². The van der Waals surface area contributed by atoms with Crippen LogP contribution in [0.1, 0.15) is 56.1 Å². The Hall–Kier alpha value is -1.92. The predicted molar refractivity (Wildman–Crippen MR) is 114 cm³/mol. The third-order valence-electron chi connectivity index (χ3n) is 4.97. The van der Waals surface area contributed by atoms with Crippen molar-refractivity contribution >= 4 is 39.9 Å². The van der Waals surface area contributed by atoms with Crippen LogP contribution in [-0.2, 0) is 11.2 Å². The molecule has 2 N–H and O–H groups in total. The van der Waals surface area contributed by atoms with Gasteiger partial charge in [0.15, 0.2) is 5.13 Å². The highest BCUT2D eigenvalue weighted by molar-refractivity contribution is 7.14. The number of hydrogen-bond acceptors (Lipinski definition) is 4. The van der Waals surface area contributed by atoms with Crippen molar-refractivity contribution in [1.82, 2.24) is 10.3 Å². The van der Waals surface area contributed by atoms with Gasteiger partial charge in [-0.15, -0.1) is 11.3 Å². The Morgan fingerprint density at radius 1 is 1.25 bits per heavy atom. The van der Waals surface area contributed by atoms with Gasteiger partial charge in [-0.2, -0.15) is 0 Å². The zero-order valence-corrected chi connectivity index (χ0v) is 18.0.